The van der Waals surface area contributed by atoms with Crippen molar-refractivity contribution in [3.63, 3.8) is 0 Å². The van der Waals surface area contributed by atoms with Crippen LogP contribution in [0.4, 0.5) is 0 Å². The summed E-state index contributed by atoms with van der Waals surface area (Å²) in [6.07, 6.45) is 4.24. The molecule has 3 aliphatic heterocycles. The third-order valence-corrected chi connectivity index (χ3v) is 4.41. The Kier molecular flexibility index (Phi) is 2.71. The van der Waals surface area contributed by atoms with E-state index < -0.39 is 0 Å². The van der Waals surface area contributed by atoms with Crippen LogP contribution in [0.3, 0.4) is 0 Å². The SMILES string of the molecule is CC1COCCN1CC1CC2CCC1N2. The lowest BCUT2D eigenvalue weighted by molar-refractivity contribution is -0.00872. The van der Waals surface area contributed by atoms with E-state index in [4.69, 9.17) is 4.74 Å². The molecule has 15 heavy (non-hydrogen) atoms. The molecule has 86 valence electrons. The first-order chi connectivity index (χ1) is 7.33. The van der Waals surface area contributed by atoms with Crippen LogP contribution in [-0.2, 0) is 4.74 Å². The quantitative estimate of drug-likeness (QED) is 0.731. The van der Waals surface area contributed by atoms with Gasteiger partial charge in [0, 0.05) is 31.2 Å². The van der Waals surface area contributed by atoms with Gasteiger partial charge in [-0.05, 0) is 32.1 Å². The number of rotatable bonds is 2. The fraction of sp³-hybridized carbons (Fsp3) is 1.00. The Balaban J connectivity index is 1.56. The lowest BCUT2D eigenvalue weighted by atomic mass is 9.88. The Morgan fingerprint density at radius 1 is 1.40 bits per heavy atom. The van der Waals surface area contributed by atoms with E-state index in [2.05, 4.69) is 17.1 Å². The van der Waals surface area contributed by atoms with Crippen LogP contribution in [0.5, 0.6) is 0 Å². The summed E-state index contributed by atoms with van der Waals surface area (Å²) in [5.41, 5.74) is 0. The van der Waals surface area contributed by atoms with E-state index in [0.717, 1.165) is 37.8 Å². The molecule has 3 heterocycles. The summed E-state index contributed by atoms with van der Waals surface area (Å²) in [7, 11) is 0. The molecule has 3 heteroatoms. The average Bonchev–Trinajstić information content (AvgIpc) is 2.83. The number of ether oxygens (including phenoxy) is 1. The molecule has 3 saturated heterocycles. The van der Waals surface area contributed by atoms with E-state index in [1.807, 2.05) is 0 Å². The molecule has 0 spiro atoms. The fourth-order valence-corrected chi connectivity index (χ4v) is 3.47. The molecule has 0 aliphatic carbocycles. The molecule has 2 bridgehead atoms. The van der Waals surface area contributed by atoms with Crippen molar-refractivity contribution < 1.29 is 4.74 Å². The second-order valence-electron chi connectivity index (χ2n) is 5.46. The van der Waals surface area contributed by atoms with Crippen molar-refractivity contribution in [1.82, 2.24) is 10.2 Å². The first-order valence-electron chi connectivity index (χ1n) is 6.41. The number of nitrogens with one attached hydrogen (secondary N) is 1. The molecular weight excluding hydrogens is 188 g/mol. The van der Waals surface area contributed by atoms with Gasteiger partial charge >= 0.3 is 0 Å². The van der Waals surface area contributed by atoms with Crippen LogP contribution in [0.15, 0.2) is 0 Å². The molecule has 3 aliphatic rings. The number of morpholine rings is 1. The van der Waals surface area contributed by atoms with Crippen LogP contribution >= 0.6 is 0 Å². The first kappa shape index (κ1) is 10.1. The number of fused-ring (bicyclic) bond motifs is 2. The topological polar surface area (TPSA) is 24.5 Å². The second-order valence-corrected chi connectivity index (χ2v) is 5.46. The van der Waals surface area contributed by atoms with Gasteiger partial charge in [0.25, 0.3) is 0 Å². The number of nitrogens with zero attached hydrogens (tertiary/aromatic N) is 1. The van der Waals surface area contributed by atoms with Crippen LogP contribution in [0, 0.1) is 5.92 Å². The third kappa shape index (κ3) is 1.93. The van der Waals surface area contributed by atoms with Gasteiger partial charge in [-0.1, -0.05) is 0 Å². The lowest BCUT2D eigenvalue weighted by Crippen LogP contribution is -2.47. The summed E-state index contributed by atoms with van der Waals surface area (Å²) in [5, 5.41) is 3.72. The largest absolute Gasteiger partial charge is 0.379 e. The summed E-state index contributed by atoms with van der Waals surface area (Å²) in [6.45, 7) is 6.57. The van der Waals surface area contributed by atoms with Gasteiger partial charge in [-0.3, -0.25) is 4.90 Å². The summed E-state index contributed by atoms with van der Waals surface area (Å²) in [4.78, 5) is 2.62. The maximum atomic E-state index is 5.48. The van der Waals surface area contributed by atoms with E-state index in [9.17, 15) is 0 Å². The molecule has 0 amide bonds. The highest BCUT2D eigenvalue weighted by molar-refractivity contribution is 4.98. The Morgan fingerprint density at radius 2 is 2.33 bits per heavy atom. The van der Waals surface area contributed by atoms with E-state index in [-0.39, 0.29) is 0 Å². The standard InChI is InChI=1S/C12H22N2O/c1-9-8-15-5-4-14(9)7-10-6-11-2-3-12(10)13-11/h9-13H,2-8H2,1H3. The predicted octanol–water partition coefficient (Wildman–Crippen LogP) is 0.848. The van der Waals surface area contributed by atoms with Crippen LogP contribution in [0.1, 0.15) is 26.2 Å². The Morgan fingerprint density at radius 3 is 3.00 bits per heavy atom. The van der Waals surface area contributed by atoms with Crippen molar-refractivity contribution in [2.75, 3.05) is 26.3 Å². The minimum absolute atomic E-state index is 0.623. The maximum absolute atomic E-state index is 5.48. The molecule has 3 rings (SSSR count). The zero-order valence-corrected chi connectivity index (χ0v) is 9.61. The Labute approximate surface area is 92.2 Å². The minimum Gasteiger partial charge on any atom is -0.379 e. The van der Waals surface area contributed by atoms with Crippen molar-refractivity contribution in [2.45, 2.75) is 44.3 Å². The highest BCUT2D eigenvalue weighted by atomic mass is 16.5. The first-order valence-corrected chi connectivity index (χ1v) is 6.41. The van der Waals surface area contributed by atoms with Gasteiger partial charge in [0.15, 0.2) is 0 Å². The van der Waals surface area contributed by atoms with E-state index in [1.165, 1.54) is 25.8 Å². The van der Waals surface area contributed by atoms with E-state index in [1.54, 1.807) is 0 Å². The van der Waals surface area contributed by atoms with Crippen LogP contribution < -0.4 is 5.32 Å². The van der Waals surface area contributed by atoms with Crippen molar-refractivity contribution in [1.29, 1.82) is 0 Å². The van der Waals surface area contributed by atoms with Gasteiger partial charge in [0.1, 0.15) is 0 Å². The van der Waals surface area contributed by atoms with Crippen molar-refractivity contribution in [3.8, 4) is 0 Å². The van der Waals surface area contributed by atoms with Crippen LogP contribution in [0.2, 0.25) is 0 Å². The molecule has 3 nitrogen and oxygen atoms in total. The maximum Gasteiger partial charge on any atom is 0.0619 e. The highest BCUT2D eigenvalue weighted by Crippen LogP contribution is 2.34. The number of hydrogen-bond acceptors (Lipinski definition) is 3. The molecule has 4 unspecified atom stereocenters. The zero-order valence-electron chi connectivity index (χ0n) is 9.61. The van der Waals surface area contributed by atoms with Gasteiger partial charge in [-0.2, -0.15) is 0 Å². The molecule has 0 aromatic heterocycles. The van der Waals surface area contributed by atoms with Crippen molar-refractivity contribution in [3.05, 3.63) is 0 Å². The van der Waals surface area contributed by atoms with Gasteiger partial charge in [0.2, 0.25) is 0 Å². The molecule has 0 radical (unpaired) electrons. The van der Waals surface area contributed by atoms with Gasteiger partial charge in [0.05, 0.1) is 13.2 Å². The van der Waals surface area contributed by atoms with Gasteiger partial charge in [-0.15, -0.1) is 0 Å². The van der Waals surface area contributed by atoms with Crippen molar-refractivity contribution in [2.24, 2.45) is 5.92 Å². The van der Waals surface area contributed by atoms with Gasteiger partial charge in [-0.25, -0.2) is 0 Å². The Bertz CT molecular complexity index is 234. The van der Waals surface area contributed by atoms with E-state index >= 15 is 0 Å². The van der Waals surface area contributed by atoms with Crippen LogP contribution in [-0.4, -0.2) is 49.3 Å². The van der Waals surface area contributed by atoms with E-state index in [0.29, 0.717) is 6.04 Å². The molecule has 0 aromatic rings. The summed E-state index contributed by atoms with van der Waals surface area (Å²) in [5.74, 6) is 0.907. The normalized spacial score (nSPS) is 46.2. The molecule has 0 aromatic carbocycles. The second kappa shape index (κ2) is 4.04. The molecule has 1 N–H and O–H groups in total. The van der Waals surface area contributed by atoms with Crippen molar-refractivity contribution >= 4 is 0 Å². The molecule has 0 saturated carbocycles. The summed E-state index contributed by atoms with van der Waals surface area (Å²) >= 11 is 0. The predicted molar refractivity (Wildman–Crippen MR) is 59.9 cm³/mol. The highest BCUT2D eigenvalue weighted by Gasteiger charge is 2.40. The van der Waals surface area contributed by atoms with Gasteiger partial charge < -0.3 is 10.1 Å². The van der Waals surface area contributed by atoms with Crippen LogP contribution in [0.25, 0.3) is 0 Å². The summed E-state index contributed by atoms with van der Waals surface area (Å²) in [6, 6.07) is 2.29. The summed E-state index contributed by atoms with van der Waals surface area (Å²) < 4.78 is 5.48. The minimum atomic E-state index is 0.623. The Hall–Kier alpha value is -0.120. The smallest absolute Gasteiger partial charge is 0.0619 e. The fourth-order valence-electron chi connectivity index (χ4n) is 3.47. The third-order valence-electron chi connectivity index (χ3n) is 4.41. The monoisotopic (exact) mass is 210 g/mol. The molecular formula is C12H22N2O. The number of hydrogen-bond donors (Lipinski definition) is 1. The zero-order chi connectivity index (χ0) is 10.3. The molecule has 4 atom stereocenters. The lowest BCUT2D eigenvalue weighted by Gasteiger charge is -2.36. The average molecular weight is 210 g/mol. The molecule has 3 fully saturated rings.